The predicted molar refractivity (Wildman–Crippen MR) is 81.0 cm³/mol. The van der Waals surface area contributed by atoms with E-state index in [2.05, 4.69) is 21.8 Å². The van der Waals surface area contributed by atoms with Crippen molar-refractivity contribution in [3.05, 3.63) is 47.8 Å². The monoisotopic (exact) mass is 291 g/mol. The van der Waals surface area contributed by atoms with Crippen molar-refractivity contribution < 1.29 is 9.13 Å². The van der Waals surface area contributed by atoms with Crippen molar-refractivity contribution in [2.75, 3.05) is 14.2 Å². The van der Waals surface area contributed by atoms with Crippen LogP contribution in [0.1, 0.15) is 30.8 Å². The van der Waals surface area contributed by atoms with Crippen LogP contribution in [0.4, 0.5) is 4.39 Å². The summed E-state index contributed by atoms with van der Waals surface area (Å²) >= 11 is 0. The maximum Gasteiger partial charge on any atom is 0.165 e. The lowest BCUT2D eigenvalue weighted by Gasteiger charge is -2.18. The first kappa shape index (κ1) is 15.5. The summed E-state index contributed by atoms with van der Waals surface area (Å²) in [6.07, 6.45) is 5.63. The molecule has 1 atom stereocenters. The molecule has 1 aromatic carbocycles. The van der Waals surface area contributed by atoms with E-state index < -0.39 is 0 Å². The van der Waals surface area contributed by atoms with Gasteiger partial charge in [0.05, 0.1) is 7.11 Å². The Morgan fingerprint density at radius 2 is 2.24 bits per heavy atom. The second kappa shape index (κ2) is 7.22. The topological polar surface area (TPSA) is 39.1 Å². The highest BCUT2D eigenvalue weighted by Gasteiger charge is 2.15. The molecule has 0 amide bonds. The van der Waals surface area contributed by atoms with Crippen molar-refractivity contribution in [3.63, 3.8) is 0 Å². The zero-order chi connectivity index (χ0) is 15.2. The molecule has 114 valence electrons. The standard InChI is InChI=1S/C16H22FN3O/c1-4-8-20-9-7-19-16(20)11-14(18-2)12-5-6-13(17)15(10-12)21-3/h5-7,9-10,14,18H,4,8,11H2,1-3H3. The number of aryl methyl sites for hydroxylation is 1. The summed E-state index contributed by atoms with van der Waals surface area (Å²) in [6.45, 7) is 3.10. The minimum absolute atomic E-state index is 0.0671. The van der Waals surface area contributed by atoms with Crippen LogP contribution in [0.3, 0.4) is 0 Å². The number of benzene rings is 1. The molecular weight excluding hydrogens is 269 g/mol. The van der Waals surface area contributed by atoms with Crippen LogP contribution in [-0.2, 0) is 13.0 Å². The van der Waals surface area contributed by atoms with Gasteiger partial charge in [-0.25, -0.2) is 9.37 Å². The van der Waals surface area contributed by atoms with Gasteiger partial charge in [0.15, 0.2) is 11.6 Å². The fourth-order valence-electron chi connectivity index (χ4n) is 2.44. The zero-order valence-electron chi connectivity index (χ0n) is 12.8. The first-order chi connectivity index (χ1) is 10.2. The lowest BCUT2D eigenvalue weighted by molar-refractivity contribution is 0.384. The number of methoxy groups -OCH3 is 1. The number of aromatic nitrogens is 2. The van der Waals surface area contributed by atoms with Gasteiger partial charge in [-0.2, -0.15) is 0 Å². The normalized spacial score (nSPS) is 12.4. The molecule has 1 unspecified atom stereocenters. The Labute approximate surface area is 125 Å². The van der Waals surface area contributed by atoms with Gasteiger partial charge < -0.3 is 14.6 Å². The van der Waals surface area contributed by atoms with Crippen LogP contribution in [-0.4, -0.2) is 23.7 Å². The highest BCUT2D eigenvalue weighted by Crippen LogP contribution is 2.24. The number of likely N-dealkylation sites (N-methyl/N-ethyl adjacent to an activating group) is 1. The summed E-state index contributed by atoms with van der Waals surface area (Å²) in [6, 6.07) is 5.03. The Morgan fingerprint density at radius 3 is 2.90 bits per heavy atom. The number of halogens is 1. The molecule has 5 heteroatoms. The minimum Gasteiger partial charge on any atom is -0.494 e. The molecule has 1 N–H and O–H groups in total. The van der Waals surface area contributed by atoms with Crippen LogP contribution in [0.15, 0.2) is 30.6 Å². The molecule has 0 aliphatic carbocycles. The fraction of sp³-hybridized carbons (Fsp3) is 0.438. The summed E-state index contributed by atoms with van der Waals surface area (Å²) in [4.78, 5) is 4.43. The number of rotatable bonds is 7. The molecule has 2 rings (SSSR count). The number of nitrogens with zero attached hydrogens (tertiary/aromatic N) is 2. The lowest BCUT2D eigenvalue weighted by atomic mass is 10.0. The van der Waals surface area contributed by atoms with Gasteiger partial charge in [0.25, 0.3) is 0 Å². The molecule has 0 saturated heterocycles. The van der Waals surface area contributed by atoms with Crippen molar-refractivity contribution in [1.82, 2.24) is 14.9 Å². The summed E-state index contributed by atoms with van der Waals surface area (Å²) in [5.74, 6) is 0.952. The second-order valence-electron chi connectivity index (χ2n) is 4.98. The Bertz CT molecular complexity index is 583. The van der Waals surface area contributed by atoms with Gasteiger partial charge in [-0.1, -0.05) is 13.0 Å². The predicted octanol–water partition coefficient (Wildman–Crippen LogP) is 2.94. The Hall–Kier alpha value is -1.88. The number of hydrogen-bond donors (Lipinski definition) is 1. The van der Waals surface area contributed by atoms with Gasteiger partial charge in [-0.15, -0.1) is 0 Å². The van der Waals surface area contributed by atoms with Crippen LogP contribution in [0.2, 0.25) is 0 Å². The van der Waals surface area contributed by atoms with Crippen molar-refractivity contribution in [1.29, 1.82) is 0 Å². The van der Waals surface area contributed by atoms with E-state index in [1.807, 2.05) is 19.4 Å². The third-order valence-corrected chi connectivity index (χ3v) is 3.58. The van der Waals surface area contributed by atoms with E-state index in [-0.39, 0.29) is 17.6 Å². The molecule has 1 aromatic heterocycles. The van der Waals surface area contributed by atoms with Crippen molar-refractivity contribution >= 4 is 0 Å². The van der Waals surface area contributed by atoms with Gasteiger partial charge in [0.1, 0.15) is 5.82 Å². The van der Waals surface area contributed by atoms with E-state index in [1.54, 1.807) is 12.1 Å². The molecule has 2 aromatic rings. The van der Waals surface area contributed by atoms with Crippen molar-refractivity contribution in [2.45, 2.75) is 32.4 Å². The molecule has 0 aliphatic rings. The fourth-order valence-corrected chi connectivity index (χ4v) is 2.44. The summed E-state index contributed by atoms with van der Waals surface area (Å²) in [7, 11) is 3.37. The van der Waals surface area contributed by atoms with E-state index in [0.717, 1.165) is 30.8 Å². The van der Waals surface area contributed by atoms with Gasteiger partial charge in [-0.05, 0) is 31.2 Å². The second-order valence-corrected chi connectivity index (χ2v) is 4.98. The highest BCUT2D eigenvalue weighted by atomic mass is 19.1. The number of hydrogen-bond acceptors (Lipinski definition) is 3. The first-order valence-corrected chi connectivity index (χ1v) is 7.20. The molecule has 0 spiro atoms. The molecule has 4 nitrogen and oxygen atoms in total. The largest absolute Gasteiger partial charge is 0.494 e. The van der Waals surface area contributed by atoms with E-state index in [1.165, 1.54) is 13.2 Å². The molecule has 0 fully saturated rings. The molecule has 0 bridgehead atoms. The quantitative estimate of drug-likeness (QED) is 0.852. The summed E-state index contributed by atoms with van der Waals surface area (Å²) < 4.78 is 20.7. The molecule has 21 heavy (non-hydrogen) atoms. The van der Waals surface area contributed by atoms with Crippen LogP contribution in [0.5, 0.6) is 5.75 Å². The molecular formula is C16H22FN3O. The number of ether oxygens (including phenoxy) is 1. The first-order valence-electron chi connectivity index (χ1n) is 7.20. The smallest absolute Gasteiger partial charge is 0.165 e. The van der Waals surface area contributed by atoms with Gasteiger partial charge in [0.2, 0.25) is 0 Å². The minimum atomic E-state index is -0.344. The number of imidazole rings is 1. The van der Waals surface area contributed by atoms with E-state index >= 15 is 0 Å². The Morgan fingerprint density at radius 1 is 1.43 bits per heavy atom. The maximum absolute atomic E-state index is 13.5. The van der Waals surface area contributed by atoms with Crippen LogP contribution in [0.25, 0.3) is 0 Å². The van der Waals surface area contributed by atoms with Crippen molar-refractivity contribution in [3.8, 4) is 5.75 Å². The highest BCUT2D eigenvalue weighted by molar-refractivity contribution is 5.32. The van der Waals surface area contributed by atoms with Gasteiger partial charge >= 0.3 is 0 Å². The van der Waals surface area contributed by atoms with Crippen LogP contribution >= 0.6 is 0 Å². The van der Waals surface area contributed by atoms with Gasteiger partial charge in [0, 0.05) is 31.4 Å². The van der Waals surface area contributed by atoms with E-state index in [0.29, 0.717) is 0 Å². The molecule has 0 radical (unpaired) electrons. The Balaban J connectivity index is 2.21. The number of nitrogens with one attached hydrogen (secondary N) is 1. The molecule has 1 heterocycles. The average molecular weight is 291 g/mol. The maximum atomic E-state index is 13.5. The molecule has 0 saturated carbocycles. The summed E-state index contributed by atoms with van der Waals surface area (Å²) in [5.41, 5.74) is 0.988. The average Bonchev–Trinajstić information content (AvgIpc) is 2.93. The van der Waals surface area contributed by atoms with Crippen LogP contribution in [0, 0.1) is 5.82 Å². The van der Waals surface area contributed by atoms with Crippen molar-refractivity contribution in [2.24, 2.45) is 0 Å². The summed E-state index contributed by atoms with van der Waals surface area (Å²) in [5, 5.41) is 3.27. The third kappa shape index (κ3) is 3.61. The van der Waals surface area contributed by atoms with Crippen LogP contribution < -0.4 is 10.1 Å². The van der Waals surface area contributed by atoms with Gasteiger partial charge in [-0.3, -0.25) is 0 Å². The Kier molecular flexibility index (Phi) is 5.33. The van der Waals surface area contributed by atoms with E-state index in [9.17, 15) is 4.39 Å². The van der Waals surface area contributed by atoms with E-state index in [4.69, 9.17) is 4.74 Å². The zero-order valence-corrected chi connectivity index (χ0v) is 12.8. The lowest BCUT2D eigenvalue weighted by Crippen LogP contribution is -2.21. The third-order valence-electron chi connectivity index (χ3n) is 3.58. The molecule has 0 aliphatic heterocycles. The SMILES string of the molecule is CCCn1ccnc1CC(NC)c1ccc(F)c(OC)c1.